The zero-order valence-electron chi connectivity index (χ0n) is 12.6. The van der Waals surface area contributed by atoms with E-state index in [9.17, 15) is 9.59 Å². The Morgan fingerprint density at radius 1 is 1.23 bits per heavy atom. The maximum absolute atomic E-state index is 12.5. The molecular formula is C18H19NO3. The number of ether oxygens (including phenoxy) is 1. The third-order valence-electron chi connectivity index (χ3n) is 4.09. The quantitative estimate of drug-likeness (QED) is 0.815. The molecule has 1 fully saturated rings. The van der Waals surface area contributed by atoms with Crippen LogP contribution in [-0.4, -0.2) is 23.6 Å². The molecule has 1 aliphatic rings. The van der Waals surface area contributed by atoms with Crippen molar-refractivity contribution in [1.29, 1.82) is 0 Å². The van der Waals surface area contributed by atoms with Gasteiger partial charge in [0.05, 0.1) is 23.9 Å². The second-order valence-electron chi connectivity index (χ2n) is 5.71. The number of hydrogen-bond donors (Lipinski definition) is 0. The van der Waals surface area contributed by atoms with Crippen LogP contribution in [0.5, 0.6) is 0 Å². The fourth-order valence-corrected chi connectivity index (χ4v) is 2.83. The molecular weight excluding hydrogens is 278 g/mol. The van der Waals surface area contributed by atoms with Crippen molar-refractivity contribution in [1.82, 2.24) is 4.57 Å². The number of hydrogen-bond acceptors (Lipinski definition) is 3. The molecule has 2 heterocycles. The number of nitrogens with zero attached hydrogens (tertiary/aromatic N) is 1. The number of aldehydes is 1. The molecule has 3 rings (SSSR count). The van der Waals surface area contributed by atoms with Gasteiger partial charge in [-0.3, -0.25) is 9.59 Å². The zero-order valence-corrected chi connectivity index (χ0v) is 12.6. The molecule has 114 valence electrons. The second-order valence-corrected chi connectivity index (χ2v) is 5.71. The van der Waals surface area contributed by atoms with Crippen molar-refractivity contribution in [3.8, 4) is 11.3 Å². The van der Waals surface area contributed by atoms with Crippen molar-refractivity contribution < 1.29 is 9.53 Å². The van der Waals surface area contributed by atoms with Crippen molar-refractivity contribution in [2.45, 2.75) is 32.4 Å². The van der Waals surface area contributed by atoms with Gasteiger partial charge in [0.25, 0.3) is 5.56 Å². The van der Waals surface area contributed by atoms with Crippen LogP contribution in [0.1, 0.15) is 28.8 Å². The first-order valence-corrected chi connectivity index (χ1v) is 7.56. The minimum atomic E-state index is -0.247. The summed E-state index contributed by atoms with van der Waals surface area (Å²) < 4.78 is 7.32. The Morgan fingerprint density at radius 3 is 2.64 bits per heavy atom. The van der Waals surface area contributed by atoms with Gasteiger partial charge in [-0.05, 0) is 37.5 Å². The van der Waals surface area contributed by atoms with Crippen molar-refractivity contribution in [2.24, 2.45) is 0 Å². The van der Waals surface area contributed by atoms with Gasteiger partial charge >= 0.3 is 0 Å². The summed E-state index contributed by atoms with van der Waals surface area (Å²) in [7, 11) is 0. The molecule has 22 heavy (non-hydrogen) atoms. The number of carbonyl (C=O) groups excluding carboxylic acids is 1. The van der Waals surface area contributed by atoms with E-state index in [1.807, 2.05) is 37.3 Å². The fraction of sp³-hybridized carbons (Fsp3) is 0.333. The van der Waals surface area contributed by atoms with E-state index in [-0.39, 0.29) is 17.2 Å². The Kier molecular flexibility index (Phi) is 4.20. The summed E-state index contributed by atoms with van der Waals surface area (Å²) in [4.78, 5) is 23.6. The topological polar surface area (TPSA) is 48.3 Å². The highest BCUT2D eigenvalue weighted by atomic mass is 16.5. The lowest BCUT2D eigenvalue weighted by Gasteiger charge is -2.17. The molecule has 0 saturated carbocycles. The van der Waals surface area contributed by atoms with Crippen LogP contribution in [0.15, 0.2) is 41.2 Å². The van der Waals surface area contributed by atoms with Gasteiger partial charge in [0, 0.05) is 6.61 Å². The summed E-state index contributed by atoms with van der Waals surface area (Å²) in [6.45, 7) is 3.26. The SMILES string of the molecule is Cc1ccc(-c2ccc(C=O)c(=O)n2CC2CCCO2)cc1. The molecule has 1 aliphatic heterocycles. The molecule has 0 aliphatic carbocycles. The molecule has 4 heteroatoms. The van der Waals surface area contributed by atoms with E-state index in [1.54, 1.807) is 10.6 Å². The molecule has 1 unspecified atom stereocenters. The molecule has 4 nitrogen and oxygen atoms in total. The van der Waals surface area contributed by atoms with E-state index >= 15 is 0 Å². The molecule has 1 aromatic carbocycles. The lowest BCUT2D eigenvalue weighted by Crippen LogP contribution is -2.29. The van der Waals surface area contributed by atoms with E-state index in [2.05, 4.69) is 0 Å². The monoisotopic (exact) mass is 297 g/mol. The Labute approximate surface area is 129 Å². The molecule has 0 radical (unpaired) electrons. The van der Waals surface area contributed by atoms with Crippen molar-refractivity contribution in [2.75, 3.05) is 6.61 Å². The molecule has 1 aromatic heterocycles. The van der Waals surface area contributed by atoms with E-state index in [1.165, 1.54) is 5.56 Å². The van der Waals surface area contributed by atoms with Gasteiger partial charge in [0.2, 0.25) is 0 Å². The highest BCUT2D eigenvalue weighted by Gasteiger charge is 2.19. The molecule has 0 spiro atoms. The van der Waals surface area contributed by atoms with E-state index in [4.69, 9.17) is 4.74 Å². The maximum atomic E-state index is 12.5. The van der Waals surface area contributed by atoms with Gasteiger partial charge in [-0.15, -0.1) is 0 Å². The minimum Gasteiger partial charge on any atom is -0.376 e. The van der Waals surface area contributed by atoms with Crippen LogP contribution >= 0.6 is 0 Å². The summed E-state index contributed by atoms with van der Waals surface area (Å²) in [5.74, 6) is 0. The van der Waals surface area contributed by atoms with Crippen molar-refractivity contribution >= 4 is 6.29 Å². The lowest BCUT2D eigenvalue weighted by molar-refractivity contribution is 0.0962. The van der Waals surface area contributed by atoms with Crippen LogP contribution in [-0.2, 0) is 11.3 Å². The van der Waals surface area contributed by atoms with Crippen LogP contribution in [0.3, 0.4) is 0 Å². The number of aromatic nitrogens is 1. The number of rotatable bonds is 4. The van der Waals surface area contributed by atoms with Gasteiger partial charge in [0.15, 0.2) is 6.29 Å². The van der Waals surface area contributed by atoms with E-state index < -0.39 is 0 Å². The minimum absolute atomic E-state index is 0.0452. The summed E-state index contributed by atoms with van der Waals surface area (Å²) in [5, 5.41) is 0. The number of aryl methyl sites for hydroxylation is 1. The Bertz CT molecular complexity index is 725. The molecule has 1 atom stereocenters. The number of carbonyl (C=O) groups is 1. The van der Waals surface area contributed by atoms with Gasteiger partial charge in [-0.1, -0.05) is 29.8 Å². The summed E-state index contributed by atoms with van der Waals surface area (Å²) in [6.07, 6.45) is 2.63. The first-order valence-electron chi connectivity index (χ1n) is 7.56. The predicted octanol–water partition coefficient (Wildman–Crippen LogP) is 2.82. The van der Waals surface area contributed by atoms with E-state index in [0.29, 0.717) is 12.8 Å². The first-order chi connectivity index (χ1) is 10.7. The van der Waals surface area contributed by atoms with Gasteiger partial charge in [-0.2, -0.15) is 0 Å². The predicted molar refractivity (Wildman–Crippen MR) is 85.2 cm³/mol. The number of benzene rings is 1. The summed E-state index contributed by atoms with van der Waals surface area (Å²) >= 11 is 0. The maximum Gasteiger partial charge on any atom is 0.261 e. The molecule has 1 saturated heterocycles. The van der Waals surface area contributed by atoms with Crippen molar-refractivity contribution in [3.63, 3.8) is 0 Å². The molecule has 0 amide bonds. The fourth-order valence-electron chi connectivity index (χ4n) is 2.83. The van der Waals surface area contributed by atoms with Crippen LogP contribution in [0.2, 0.25) is 0 Å². The van der Waals surface area contributed by atoms with Crippen LogP contribution in [0, 0.1) is 6.92 Å². The Hall–Kier alpha value is -2.20. The average molecular weight is 297 g/mol. The Balaban J connectivity index is 2.07. The third kappa shape index (κ3) is 2.88. The summed E-state index contributed by atoms with van der Waals surface area (Å²) in [6, 6.07) is 11.5. The van der Waals surface area contributed by atoms with Gasteiger partial charge in [-0.25, -0.2) is 0 Å². The largest absolute Gasteiger partial charge is 0.376 e. The van der Waals surface area contributed by atoms with Crippen molar-refractivity contribution in [3.05, 3.63) is 57.9 Å². The average Bonchev–Trinajstić information content (AvgIpc) is 3.03. The van der Waals surface area contributed by atoms with Gasteiger partial charge < -0.3 is 9.30 Å². The second kappa shape index (κ2) is 6.28. The highest BCUT2D eigenvalue weighted by Crippen LogP contribution is 2.21. The molecule has 0 N–H and O–H groups in total. The molecule has 0 bridgehead atoms. The smallest absolute Gasteiger partial charge is 0.261 e. The molecule has 2 aromatic rings. The van der Waals surface area contributed by atoms with E-state index in [0.717, 1.165) is 30.7 Å². The number of pyridine rings is 1. The lowest BCUT2D eigenvalue weighted by atomic mass is 10.1. The van der Waals surface area contributed by atoms with Gasteiger partial charge in [0.1, 0.15) is 0 Å². The van der Waals surface area contributed by atoms with Crippen LogP contribution in [0.4, 0.5) is 0 Å². The van der Waals surface area contributed by atoms with Crippen LogP contribution in [0.25, 0.3) is 11.3 Å². The summed E-state index contributed by atoms with van der Waals surface area (Å²) in [5.41, 5.74) is 2.91. The zero-order chi connectivity index (χ0) is 15.5. The third-order valence-corrected chi connectivity index (χ3v) is 4.09. The highest BCUT2D eigenvalue weighted by molar-refractivity contribution is 5.75. The first kappa shape index (κ1) is 14.7. The Morgan fingerprint density at radius 2 is 2.00 bits per heavy atom. The standard InChI is InChI=1S/C18H19NO3/c1-13-4-6-14(7-5-13)17-9-8-15(12-20)18(21)19(17)11-16-3-2-10-22-16/h4-9,12,16H,2-3,10-11H2,1H3. The van der Waals surface area contributed by atoms with Crippen LogP contribution < -0.4 is 5.56 Å². The normalized spacial score (nSPS) is 17.6.